The highest BCUT2D eigenvalue weighted by Crippen LogP contribution is 2.36. The fourth-order valence-electron chi connectivity index (χ4n) is 4.00. The molecule has 154 valence electrons. The zero-order valence-corrected chi connectivity index (χ0v) is 18.2. The summed E-state index contributed by atoms with van der Waals surface area (Å²) >= 11 is 3.25. The van der Waals surface area contributed by atoms with Crippen LogP contribution in [0.2, 0.25) is 0 Å². The van der Waals surface area contributed by atoms with Crippen LogP contribution >= 0.6 is 22.7 Å². The van der Waals surface area contributed by atoms with Gasteiger partial charge < -0.3 is 14.6 Å². The first-order chi connectivity index (χ1) is 14.6. The number of nitrogens with zero attached hydrogens (tertiary/aromatic N) is 6. The monoisotopic (exact) mass is 438 g/mol. The van der Waals surface area contributed by atoms with Crippen LogP contribution in [0.5, 0.6) is 0 Å². The highest BCUT2D eigenvalue weighted by molar-refractivity contribution is 7.14. The van der Waals surface area contributed by atoms with Gasteiger partial charge in [0.05, 0.1) is 0 Å². The maximum atomic E-state index is 11.3. The zero-order chi connectivity index (χ0) is 20.6. The van der Waals surface area contributed by atoms with E-state index in [-0.39, 0.29) is 0 Å². The Kier molecular flexibility index (Phi) is 5.10. The summed E-state index contributed by atoms with van der Waals surface area (Å²) in [4.78, 5) is 21.8. The summed E-state index contributed by atoms with van der Waals surface area (Å²) in [5.41, 5.74) is 0.936. The number of imidazole rings is 1. The summed E-state index contributed by atoms with van der Waals surface area (Å²) in [5, 5.41) is 16.2. The molecule has 7 nitrogen and oxygen atoms in total. The first-order valence-corrected chi connectivity index (χ1v) is 11.7. The van der Waals surface area contributed by atoms with E-state index in [1.54, 1.807) is 35.1 Å². The first-order valence-electron chi connectivity index (χ1n) is 9.90. The molecule has 1 fully saturated rings. The maximum Gasteiger partial charge on any atom is 0.225 e. The van der Waals surface area contributed by atoms with E-state index < -0.39 is 5.60 Å². The summed E-state index contributed by atoms with van der Waals surface area (Å²) in [6, 6.07) is 4.12. The molecule has 4 aromatic heterocycles. The predicted molar refractivity (Wildman–Crippen MR) is 120 cm³/mol. The van der Waals surface area contributed by atoms with Crippen molar-refractivity contribution in [3.8, 4) is 21.1 Å². The summed E-state index contributed by atoms with van der Waals surface area (Å²) < 4.78 is 1.91. The highest BCUT2D eigenvalue weighted by Gasteiger charge is 2.36. The van der Waals surface area contributed by atoms with Crippen molar-refractivity contribution in [2.24, 2.45) is 7.05 Å². The Bertz CT molecular complexity index is 1120. The minimum Gasteiger partial charge on any atom is -0.382 e. The standard InChI is InChI=1S/C21H22N6OS2/c1-26-11-7-23-19(26)21(28)5-3-9-27(10-6-21)20-24-14-15(16-4-2-12-29-16)17(25-20)18-22-8-13-30-18/h2,4,7-8,11-14,28H,3,5-6,9-10H2,1H3. The van der Waals surface area contributed by atoms with E-state index in [0.717, 1.165) is 39.9 Å². The molecule has 0 saturated carbocycles. The van der Waals surface area contributed by atoms with E-state index >= 15 is 0 Å². The number of hydrogen-bond donors (Lipinski definition) is 1. The molecule has 1 N–H and O–H groups in total. The molecule has 1 aliphatic rings. The van der Waals surface area contributed by atoms with Crippen molar-refractivity contribution in [1.29, 1.82) is 0 Å². The van der Waals surface area contributed by atoms with E-state index in [1.165, 1.54) is 0 Å². The molecule has 0 aromatic carbocycles. The Morgan fingerprint density at radius 1 is 1.07 bits per heavy atom. The van der Waals surface area contributed by atoms with Crippen molar-refractivity contribution in [2.45, 2.75) is 24.9 Å². The quantitative estimate of drug-likeness (QED) is 0.520. The van der Waals surface area contributed by atoms with E-state index in [0.29, 0.717) is 25.3 Å². The van der Waals surface area contributed by atoms with Gasteiger partial charge in [0.25, 0.3) is 0 Å². The lowest BCUT2D eigenvalue weighted by atomic mass is 9.94. The molecule has 9 heteroatoms. The van der Waals surface area contributed by atoms with Gasteiger partial charge in [0.15, 0.2) is 0 Å². The fraction of sp³-hybridized carbons (Fsp3) is 0.333. The Labute approximate surface area is 182 Å². The smallest absolute Gasteiger partial charge is 0.225 e. The number of thiophene rings is 1. The molecule has 1 saturated heterocycles. The third-order valence-electron chi connectivity index (χ3n) is 5.53. The van der Waals surface area contributed by atoms with Crippen molar-refractivity contribution in [3.05, 3.63) is 53.5 Å². The van der Waals surface area contributed by atoms with Crippen molar-refractivity contribution in [1.82, 2.24) is 24.5 Å². The molecule has 1 unspecified atom stereocenters. The van der Waals surface area contributed by atoms with Crippen LogP contribution in [0.4, 0.5) is 5.95 Å². The lowest BCUT2D eigenvalue weighted by Crippen LogP contribution is -2.32. The van der Waals surface area contributed by atoms with Crippen LogP contribution in [-0.2, 0) is 12.6 Å². The van der Waals surface area contributed by atoms with Crippen molar-refractivity contribution >= 4 is 28.6 Å². The molecule has 1 aliphatic heterocycles. The summed E-state index contributed by atoms with van der Waals surface area (Å²) in [7, 11) is 1.93. The molecule has 5 heterocycles. The van der Waals surface area contributed by atoms with Gasteiger partial charge in [0.1, 0.15) is 22.1 Å². The van der Waals surface area contributed by atoms with Crippen molar-refractivity contribution < 1.29 is 5.11 Å². The molecule has 5 rings (SSSR count). The lowest BCUT2D eigenvalue weighted by molar-refractivity contribution is 0.0129. The number of thiazole rings is 1. The number of rotatable bonds is 4. The molecule has 0 spiro atoms. The molecule has 1 atom stereocenters. The average molecular weight is 439 g/mol. The topological polar surface area (TPSA) is 80.0 Å². The van der Waals surface area contributed by atoms with E-state index in [9.17, 15) is 5.11 Å². The largest absolute Gasteiger partial charge is 0.382 e. The van der Waals surface area contributed by atoms with Crippen LogP contribution < -0.4 is 4.90 Å². The van der Waals surface area contributed by atoms with Gasteiger partial charge in [-0.15, -0.1) is 22.7 Å². The molecule has 4 aromatic rings. The van der Waals surface area contributed by atoms with Gasteiger partial charge in [-0.1, -0.05) is 6.07 Å². The number of anilines is 1. The molecule has 30 heavy (non-hydrogen) atoms. The van der Waals surface area contributed by atoms with Gasteiger partial charge in [-0.3, -0.25) is 0 Å². The fourth-order valence-corrected chi connectivity index (χ4v) is 5.37. The van der Waals surface area contributed by atoms with Gasteiger partial charge >= 0.3 is 0 Å². The Morgan fingerprint density at radius 2 is 2.00 bits per heavy atom. The Morgan fingerprint density at radius 3 is 2.73 bits per heavy atom. The van der Waals surface area contributed by atoms with Crippen LogP contribution in [0, 0.1) is 0 Å². The third kappa shape index (κ3) is 3.53. The molecule has 0 bridgehead atoms. The second-order valence-electron chi connectivity index (χ2n) is 7.48. The molecule has 0 aliphatic carbocycles. The Hall–Kier alpha value is -2.62. The number of hydrogen-bond acceptors (Lipinski definition) is 8. The average Bonchev–Trinajstić information content (AvgIpc) is 3.51. The first kappa shape index (κ1) is 19.3. The van der Waals surface area contributed by atoms with Gasteiger partial charge in [0, 0.05) is 67.2 Å². The van der Waals surface area contributed by atoms with Crippen LogP contribution in [0.3, 0.4) is 0 Å². The minimum absolute atomic E-state index is 0.584. The van der Waals surface area contributed by atoms with Crippen LogP contribution in [0.1, 0.15) is 25.1 Å². The summed E-state index contributed by atoms with van der Waals surface area (Å²) in [6.45, 7) is 1.46. The van der Waals surface area contributed by atoms with Crippen molar-refractivity contribution in [2.75, 3.05) is 18.0 Å². The predicted octanol–water partition coefficient (Wildman–Crippen LogP) is 3.94. The summed E-state index contributed by atoms with van der Waals surface area (Å²) in [6.07, 6.45) is 9.42. The third-order valence-corrected chi connectivity index (χ3v) is 7.21. The normalized spacial score (nSPS) is 19.7. The molecule has 0 radical (unpaired) electrons. The number of aryl methyl sites for hydroxylation is 1. The SMILES string of the molecule is Cn1ccnc1C1(O)CCCN(c2ncc(-c3cccs3)c(-c3nccs3)n2)CC1. The van der Waals surface area contributed by atoms with Gasteiger partial charge in [-0.2, -0.15) is 0 Å². The molecular weight excluding hydrogens is 416 g/mol. The lowest BCUT2D eigenvalue weighted by Gasteiger charge is -2.26. The Balaban J connectivity index is 1.46. The van der Waals surface area contributed by atoms with E-state index in [4.69, 9.17) is 9.97 Å². The maximum absolute atomic E-state index is 11.3. The highest BCUT2D eigenvalue weighted by atomic mass is 32.1. The van der Waals surface area contributed by atoms with E-state index in [1.807, 2.05) is 35.5 Å². The number of aliphatic hydroxyl groups is 1. The zero-order valence-electron chi connectivity index (χ0n) is 16.6. The molecule has 0 amide bonds. The van der Waals surface area contributed by atoms with Crippen molar-refractivity contribution in [3.63, 3.8) is 0 Å². The van der Waals surface area contributed by atoms with E-state index in [2.05, 4.69) is 26.3 Å². The van der Waals surface area contributed by atoms with Gasteiger partial charge in [-0.05, 0) is 24.3 Å². The van der Waals surface area contributed by atoms with Gasteiger partial charge in [0.2, 0.25) is 5.95 Å². The van der Waals surface area contributed by atoms with Crippen LogP contribution in [0.25, 0.3) is 21.1 Å². The van der Waals surface area contributed by atoms with Crippen LogP contribution in [0.15, 0.2) is 47.7 Å². The number of aromatic nitrogens is 5. The van der Waals surface area contributed by atoms with Gasteiger partial charge in [-0.25, -0.2) is 19.9 Å². The minimum atomic E-state index is -0.929. The second-order valence-corrected chi connectivity index (χ2v) is 9.32. The molecular formula is C21H22N6OS2. The second kappa shape index (κ2) is 7.90. The van der Waals surface area contributed by atoms with Crippen LogP contribution in [-0.4, -0.2) is 42.7 Å². The summed E-state index contributed by atoms with van der Waals surface area (Å²) in [5.74, 6) is 1.41.